The minimum atomic E-state index is -0.0312. The van der Waals surface area contributed by atoms with E-state index in [4.69, 9.17) is 11.5 Å². The van der Waals surface area contributed by atoms with E-state index in [0.717, 1.165) is 0 Å². The molecule has 0 aromatic rings. The maximum absolute atomic E-state index is 9.45. The molecule has 1 radical (unpaired) electrons. The van der Waals surface area contributed by atoms with Crippen molar-refractivity contribution in [2.45, 2.75) is 12.8 Å². The molecule has 4 N–H and O–H groups in total. The van der Waals surface area contributed by atoms with Gasteiger partial charge >= 0.3 is 17.1 Å². The molecule has 5 heteroatoms. The standard InChI is InChI=1S/2C3H8NO.Cu/c2*4-2-1-3-5;/h2*1-4H2;/q2*-1;+2. The summed E-state index contributed by atoms with van der Waals surface area (Å²) in [4.78, 5) is 0. The Morgan fingerprint density at radius 3 is 1.09 bits per heavy atom. The van der Waals surface area contributed by atoms with Crippen LogP contribution < -0.4 is 21.7 Å². The zero-order valence-corrected chi connectivity index (χ0v) is 7.46. The van der Waals surface area contributed by atoms with E-state index in [-0.39, 0.29) is 30.3 Å². The van der Waals surface area contributed by atoms with Crippen LogP contribution in [0.25, 0.3) is 0 Å². The molecular weight excluding hydrogens is 196 g/mol. The summed E-state index contributed by atoms with van der Waals surface area (Å²) < 4.78 is 0. The Hall–Kier alpha value is 0.359. The average molecular weight is 212 g/mol. The number of nitrogens with two attached hydrogens (primary N) is 2. The third-order valence-corrected chi connectivity index (χ3v) is 0.697. The van der Waals surface area contributed by atoms with Gasteiger partial charge in [-0.1, -0.05) is 12.8 Å². The van der Waals surface area contributed by atoms with Gasteiger partial charge in [-0.15, -0.1) is 13.2 Å². The maximum atomic E-state index is 9.45. The van der Waals surface area contributed by atoms with Gasteiger partial charge < -0.3 is 21.7 Å². The number of rotatable bonds is 4. The van der Waals surface area contributed by atoms with Crippen LogP contribution >= 0.6 is 0 Å². The Bertz CT molecular complexity index is 39.6. The van der Waals surface area contributed by atoms with Crippen molar-refractivity contribution in [2.75, 3.05) is 26.3 Å². The van der Waals surface area contributed by atoms with Crippen LogP contribution in [0.1, 0.15) is 12.8 Å². The van der Waals surface area contributed by atoms with Gasteiger partial charge in [-0.3, -0.25) is 0 Å². The van der Waals surface area contributed by atoms with Crippen LogP contribution in [0.3, 0.4) is 0 Å². The molecular formula is C6H16CuN2O2. The second-order valence-corrected chi connectivity index (χ2v) is 1.69. The Balaban J connectivity index is -0.000000107. The first kappa shape index (κ1) is 17.4. The first-order valence-corrected chi connectivity index (χ1v) is 3.39. The summed E-state index contributed by atoms with van der Waals surface area (Å²) in [5, 5.41) is 18.9. The predicted octanol–water partition coefficient (Wildman–Crippen LogP) is -2.61. The summed E-state index contributed by atoms with van der Waals surface area (Å²) in [5.74, 6) is 0. The molecule has 11 heavy (non-hydrogen) atoms. The number of hydrogen-bond acceptors (Lipinski definition) is 4. The third-order valence-electron chi connectivity index (χ3n) is 0.697. The first-order valence-electron chi connectivity index (χ1n) is 3.39. The SMILES string of the molecule is NCCC[O-].NCCC[O-].[Cu+2]. The van der Waals surface area contributed by atoms with Crippen molar-refractivity contribution in [3.8, 4) is 0 Å². The van der Waals surface area contributed by atoms with Crippen LogP contribution in [0, 0.1) is 0 Å². The maximum Gasteiger partial charge on any atom is 2.00 e. The van der Waals surface area contributed by atoms with E-state index in [2.05, 4.69) is 0 Å². The van der Waals surface area contributed by atoms with Gasteiger partial charge in [0, 0.05) is 0 Å². The molecule has 0 saturated heterocycles. The quantitative estimate of drug-likeness (QED) is 0.498. The average Bonchev–Trinajstić information content (AvgIpc) is 1.93. The Labute approximate surface area is 78.4 Å². The Morgan fingerprint density at radius 2 is 1.09 bits per heavy atom. The van der Waals surface area contributed by atoms with Crippen molar-refractivity contribution in [3.63, 3.8) is 0 Å². The van der Waals surface area contributed by atoms with Crippen molar-refractivity contribution in [1.82, 2.24) is 0 Å². The van der Waals surface area contributed by atoms with E-state index in [1.54, 1.807) is 0 Å². The van der Waals surface area contributed by atoms with Crippen LogP contribution in [-0.4, -0.2) is 26.3 Å². The fraction of sp³-hybridized carbons (Fsp3) is 1.00. The van der Waals surface area contributed by atoms with Gasteiger partial charge in [0.15, 0.2) is 0 Å². The summed E-state index contributed by atoms with van der Waals surface area (Å²) in [7, 11) is 0. The van der Waals surface area contributed by atoms with Crippen LogP contribution in [0.2, 0.25) is 0 Å². The summed E-state index contributed by atoms with van der Waals surface area (Å²) in [5.41, 5.74) is 9.88. The largest absolute Gasteiger partial charge is 2.00 e. The molecule has 0 aliphatic rings. The van der Waals surface area contributed by atoms with Crippen LogP contribution in [-0.2, 0) is 17.1 Å². The summed E-state index contributed by atoms with van der Waals surface area (Å²) in [6.45, 7) is 1.00. The van der Waals surface area contributed by atoms with E-state index in [0.29, 0.717) is 25.9 Å². The fourth-order valence-electron chi connectivity index (χ4n) is 0.167. The van der Waals surface area contributed by atoms with Crippen LogP contribution in [0.5, 0.6) is 0 Å². The van der Waals surface area contributed by atoms with Crippen molar-refractivity contribution >= 4 is 0 Å². The fourth-order valence-corrected chi connectivity index (χ4v) is 0.167. The van der Waals surface area contributed by atoms with Crippen LogP contribution in [0.15, 0.2) is 0 Å². The summed E-state index contributed by atoms with van der Waals surface area (Å²) in [6.07, 6.45) is 1.22. The molecule has 0 saturated carbocycles. The molecule has 0 aliphatic heterocycles. The first-order chi connectivity index (χ1) is 4.83. The van der Waals surface area contributed by atoms with Gasteiger partial charge in [-0.05, 0) is 13.1 Å². The Kier molecular flexibility index (Phi) is 35.6. The van der Waals surface area contributed by atoms with Crippen molar-refractivity contribution in [1.29, 1.82) is 0 Å². The predicted molar refractivity (Wildman–Crippen MR) is 37.1 cm³/mol. The van der Waals surface area contributed by atoms with Crippen molar-refractivity contribution in [2.24, 2.45) is 11.5 Å². The molecule has 0 aromatic heterocycles. The van der Waals surface area contributed by atoms with E-state index in [1.807, 2.05) is 0 Å². The van der Waals surface area contributed by atoms with Gasteiger partial charge in [-0.2, -0.15) is 0 Å². The normalized spacial score (nSPS) is 7.64. The molecule has 0 amide bonds. The molecule has 0 unspecified atom stereocenters. The third kappa shape index (κ3) is 38.1. The monoisotopic (exact) mass is 211 g/mol. The van der Waals surface area contributed by atoms with Crippen LogP contribution in [0.4, 0.5) is 0 Å². The smallest absolute Gasteiger partial charge is 0.854 e. The van der Waals surface area contributed by atoms with E-state index < -0.39 is 0 Å². The molecule has 73 valence electrons. The minimum Gasteiger partial charge on any atom is -0.854 e. The zero-order valence-electron chi connectivity index (χ0n) is 6.52. The molecule has 0 rings (SSSR count). The van der Waals surface area contributed by atoms with E-state index >= 15 is 0 Å². The van der Waals surface area contributed by atoms with Crippen molar-refractivity contribution in [3.05, 3.63) is 0 Å². The molecule has 4 nitrogen and oxygen atoms in total. The zero-order chi connectivity index (χ0) is 8.24. The van der Waals surface area contributed by atoms with Gasteiger partial charge in [0.05, 0.1) is 0 Å². The van der Waals surface area contributed by atoms with E-state index in [9.17, 15) is 10.2 Å². The second-order valence-electron chi connectivity index (χ2n) is 1.69. The Morgan fingerprint density at radius 1 is 0.818 bits per heavy atom. The summed E-state index contributed by atoms with van der Waals surface area (Å²) >= 11 is 0. The molecule has 0 bridgehead atoms. The molecule has 0 atom stereocenters. The van der Waals surface area contributed by atoms with E-state index in [1.165, 1.54) is 0 Å². The van der Waals surface area contributed by atoms with Gasteiger partial charge in [0.1, 0.15) is 0 Å². The summed E-state index contributed by atoms with van der Waals surface area (Å²) in [6, 6.07) is 0. The molecule has 0 aromatic carbocycles. The van der Waals surface area contributed by atoms with Gasteiger partial charge in [0.2, 0.25) is 0 Å². The molecule has 0 heterocycles. The van der Waals surface area contributed by atoms with Crippen molar-refractivity contribution < 1.29 is 27.3 Å². The molecule has 0 aliphatic carbocycles. The number of hydrogen-bond donors (Lipinski definition) is 2. The minimum absolute atomic E-state index is 0. The topological polar surface area (TPSA) is 98.2 Å². The van der Waals surface area contributed by atoms with Gasteiger partial charge in [0.25, 0.3) is 0 Å². The second kappa shape index (κ2) is 22.4. The molecule has 0 spiro atoms. The molecule has 0 fully saturated rings. The van der Waals surface area contributed by atoms with Gasteiger partial charge in [-0.25, -0.2) is 0 Å².